The van der Waals surface area contributed by atoms with Crippen molar-refractivity contribution in [3.8, 4) is 0 Å². The van der Waals surface area contributed by atoms with Crippen molar-refractivity contribution in [2.45, 2.75) is 27.2 Å². The van der Waals surface area contributed by atoms with Crippen molar-refractivity contribution in [3.63, 3.8) is 0 Å². The van der Waals surface area contributed by atoms with E-state index in [9.17, 15) is 5.11 Å². The smallest absolute Gasteiger partial charge is 0.115 e. The van der Waals surface area contributed by atoms with Crippen LogP contribution in [0.5, 0.6) is 0 Å². The number of pyridine rings is 1. The third-order valence-electron chi connectivity index (χ3n) is 4.67. The van der Waals surface area contributed by atoms with Gasteiger partial charge in [0.1, 0.15) is 5.76 Å². The Hall–Kier alpha value is -2.32. The molecule has 2 nitrogen and oxygen atoms in total. The molecule has 3 heteroatoms. The van der Waals surface area contributed by atoms with E-state index in [2.05, 4.69) is 44.7 Å². The monoisotopic (exact) mass is 351 g/mol. The van der Waals surface area contributed by atoms with Gasteiger partial charge in [-0.2, -0.15) is 0 Å². The molecule has 3 rings (SSSR count). The Labute approximate surface area is 153 Å². The molecule has 0 saturated heterocycles. The summed E-state index contributed by atoms with van der Waals surface area (Å²) in [4.78, 5) is 4.69. The molecule has 1 aliphatic rings. The van der Waals surface area contributed by atoms with Gasteiger partial charge in [-0.15, -0.1) is 0 Å². The Balaban J connectivity index is 2.37. The van der Waals surface area contributed by atoms with Crippen molar-refractivity contribution >= 4 is 33.8 Å². The molecule has 0 spiro atoms. The molecule has 0 fully saturated rings. The van der Waals surface area contributed by atoms with Crippen molar-refractivity contribution < 1.29 is 5.11 Å². The highest BCUT2D eigenvalue weighted by molar-refractivity contribution is 6.37. The minimum Gasteiger partial charge on any atom is -0.508 e. The fourth-order valence-corrected chi connectivity index (χ4v) is 3.53. The molecule has 25 heavy (non-hydrogen) atoms. The summed E-state index contributed by atoms with van der Waals surface area (Å²) in [6.45, 7) is 9.87. The first-order chi connectivity index (χ1) is 11.9. The predicted molar refractivity (Wildman–Crippen MR) is 108 cm³/mol. The summed E-state index contributed by atoms with van der Waals surface area (Å²) < 4.78 is 0. The summed E-state index contributed by atoms with van der Waals surface area (Å²) in [5, 5.41) is 11.5. The third kappa shape index (κ3) is 3.40. The van der Waals surface area contributed by atoms with Gasteiger partial charge in [-0.3, -0.25) is 4.98 Å². The number of fused-ring (bicyclic) bond motifs is 1. The van der Waals surface area contributed by atoms with Crippen molar-refractivity contribution in [1.29, 1.82) is 0 Å². The lowest BCUT2D eigenvalue weighted by molar-refractivity contribution is 0.514. The summed E-state index contributed by atoms with van der Waals surface area (Å²) in [6, 6.07) is 5.69. The number of aromatic nitrogens is 1. The summed E-state index contributed by atoms with van der Waals surface area (Å²) >= 11 is 6.69. The molecule has 1 aromatic carbocycles. The van der Waals surface area contributed by atoms with Gasteiger partial charge in [-0.1, -0.05) is 49.4 Å². The number of hydrogen-bond donors (Lipinski definition) is 1. The highest BCUT2D eigenvalue weighted by Gasteiger charge is 2.17. The Morgan fingerprint density at radius 3 is 2.80 bits per heavy atom. The molecule has 0 bridgehead atoms. The first-order valence-electron chi connectivity index (χ1n) is 8.42. The van der Waals surface area contributed by atoms with E-state index in [0.29, 0.717) is 11.5 Å². The summed E-state index contributed by atoms with van der Waals surface area (Å²) in [5.41, 5.74) is 5.68. The second-order valence-corrected chi connectivity index (χ2v) is 7.02. The first-order valence-corrected chi connectivity index (χ1v) is 8.80. The lowest BCUT2D eigenvalue weighted by Crippen LogP contribution is -2.01. The van der Waals surface area contributed by atoms with Crippen molar-refractivity contribution in [2.75, 3.05) is 0 Å². The average molecular weight is 352 g/mol. The van der Waals surface area contributed by atoms with Crippen molar-refractivity contribution in [3.05, 3.63) is 76.5 Å². The van der Waals surface area contributed by atoms with E-state index >= 15 is 0 Å². The number of allylic oxidation sites excluding steroid dienone is 6. The molecule has 1 aliphatic carbocycles. The highest BCUT2D eigenvalue weighted by atomic mass is 35.5. The number of aryl methyl sites for hydroxylation is 1. The zero-order chi connectivity index (χ0) is 18.1. The second kappa shape index (κ2) is 6.89. The van der Waals surface area contributed by atoms with Crippen LogP contribution in [0.4, 0.5) is 0 Å². The van der Waals surface area contributed by atoms with Crippen LogP contribution in [-0.2, 0) is 0 Å². The lowest BCUT2D eigenvalue weighted by atomic mass is 9.91. The van der Waals surface area contributed by atoms with Crippen LogP contribution in [0.2, 0.25) is 0 Å². The number of rotatable bonds is 2. The SMILES string of the molecule is C=C(O)c1ccc2nc(C)c(C)c(C3=C/C=C/CC(C)/C=C\3Cl)c2c1. The number of nitrogens with zero attached hydrogens (tertiary/aromatic N) is 1. The lowest BCUT2D eigenvalue weighted by Gasteiger charge is -2.18. The topological polar surface area (TPSA) is 33.1 Å². The molecule has 0 radical (unpaired) electrons. The maximum Gasteiger partial charge on any atom is 0.115 e. The van der Waals surface area contributed by atoms with Crippen LogP contribution in [0.25, 0.3) is 22.2 Å². The fourth-order valence-electron chi connectivity index (χ4n) is 3.16. The van der Waals surface area contributed by atoms with E-state index in [1.54, 1.807) is 0 Å². The van der Waals surface area contributed by atoms with Crippen LogP contribution in [-0.4, -0.2) is 10.1 Å². The largest absolute Gasteiger partial charge is 0.508 e. The third-order valence-corrected chi connectivity index (χ3v) is 5.00. The maximum absolute atomic E-state index is 9.80. The highest BCUT2D eigenvalue weighted by Crippen LogP contribution is 2.37. The molecular formula is C22H22ClNO. The number of benzene rings is 1. The number of aliphatic hydroxyl groups excluding tert-OH is 1. The Morgan fingerprint density at radius 2 is 2.08 bits per heavy atom. The molecular weight excluding hydrogens is 330 g/mol. The van der Waals surface area contributed by atoms with Gasteiger partial charge in [0.2, 0.25) is 0 Å². The fraction of sp³-hybridized carbons (Fsp3) is 0.227. The van der Waals surface area contributed by atoms with Gasteiger partial charge in [-0.05, 0) is 55.5 Å². The molecule has 128 valence electrons. The van der Waals surface area contributed by atoms with Crippen LogP contribution >= 0.6 is 11.6 Å². The molecule has 0 amide bonds. The first kappa shape index (κ1) is 17.5. The molecule has 1 heterocycles. The average Bonchev–Trinajstić information content (AvgIpc) is 2.55. The van der Waals surface area contributed by atoms with Crippen LogP contribution in [0, 0.1) is 19.8 Å². The van der Waals surface area contributed by atoms with Crippen molar-refractivity contribution in [2.24, 2.45) is 5.92 Å². The quantitative estimate of drug-likeness (QED) is 0.628. The molecule has 1 N–H and O–H groups in total. The Morgan fingerprint density at radius 1 is 1.32 bits per heavy atom. The van der Waals surface area contributed by atoms with E-state index in [1.807, 2.05) is 25.1 Å². The minimum atomic E-state index is 0.0490. The van der Waals surface area contributed by atoms with Crippen LogP contribution in [0.3, 0.4) is 0 Å². The number of aliphatic hydroxyl groups is 1. The summed E-state index contributed by atoms with van der Waals surface area (Å²) in [7, 11) is 0. The van der Waals surface area contributed by atoms with E-state index in [1.165, 1.54) is 0 Å². The molecule has 0 saturated carbocycles. The Bertz CT molecular complexity index is 950. The van der Waals surface area contributed by atoms with Gasteiger partial charge in [0, 0.05) is 27.2 Å². The van der Waals surface area contributed by atoms with Crippen LogP contribution in [0.15, 0.2) is 54.1 Å². The molecule has 2 aromatic rings. The normalized spacial score (nSPS) is 23.1. The summed E-state index contributed by atoms with van der Waals surface area (Å²) in [6.07, 6.45) is 9.37. The van der Waals surface area contributed by atoms with E-state index < -0.39 is 0 Å². The van der Waals surface area contributed by atoms with Gasteiger partial charge in [-0.25, -0.2) is 0 Å². The van der Waals surface area contributed by atoms with E-state index in [0.717, 1.165) is 44.7 Å². The summed E-state index contributed by atoms with van der Waals surface area (Å²) in [5.74, 6) is 0.433. The number of halogens is 1. The molecule has 1 unspecified atom stereocenters. The number of hydrogen-bond acceptors (Lipinski definition) is 2. The van der Waals surface area contributed by atoms with Gasteiger partial charge in [0.05, 0.1) is 5.52 Å². The standard InChI is InChI=1S/C22H22ClNO/c1-13-7-5-6-8-18(20(23)11-13)22-14(2)15(3)24-21-10-9-17(16(4)25)12-19(21)22/h5-6,8-13,25H,4,7H2,1-3H3/b6-5+,18-8+,20-11+. The Kier molecular flexibility index (Phi) is 4.82. The van der Waals surface area contributed by atoms with E-state index in [4.69, 9.17) is 16.6 Å². The van der Waals surface area contributed by atoms with Gasteiger partial charge >= 0.3 is 0 Å². The van der Waals surface area contributed by atoms with Crippen molar-refractivity contribution in [1.82, 2.24) is 4.98 Å². The van der Waals surface area contributed by atoms with Crippen LogP contribution in [0.1, 0.15) is 35.7 Å². The predicted octanol–water partition coefficient (Wildman–Crippen LogP) is 6.48. The van der Waals surface area contributed by atoms with Crippen LogP contribution < -0.4 is 0 Å². The van der Waals surface area contributed by atoms with E-state index in [-0.39, 0.29) is 5.76 Å². The molecule has 0 aliphatic heterocycles. The zero-order valence-corrected chi connectivity index (χ0v) is 15.6. The van der Waals surface area contributed by atoms with Gasteiger partial charge < -0.3 is 5.11 Å². The van der Waals surface area contributed by atoms with Gasteiger partial charge in [0.25, 0.3) is 0 Å². The van der Waals surface area contributed by atoms with Gasteiger partial charge in [0.15, 0.2) is 0 Å². The second-order valence-electron chi connectivity index (χ2n) is 6.61. The zero-order valence-electron chi connectivity index (χ0n) is 14.8. The maximum atomic E-state index is 9.80. The minimum absolute atomic E-state index is 0.0490. The molecule has 1 aromatic heterocycles. The molecule has 1 atom stereocenters.